The fourth-order valence-corrected chi connectivity index (χ4v) is 9.74. The molecule has 0 amide bonds. The molecule has 0 aliphatic heterocycles. The fraction of sp³-hybridized carbons (Fsp3) is 0.885. The lowest BCUT2D eigenvalue weighted by molar-refractivity contribution is -0.164. The van der Waals surface area contributed by atoms with E-state index in [9.17, 15) is 28.8 Å². The third kappa shape index (κ3) is 22.4. The minimum absolute atomic E-state index is 0.0273. The summed E-state index contributed by atoms with van der Waals surface area (Å²) in [5.41, 5.74) is -1.85. The number of carbonyl (C=O) groups is 6. The van der Waals surface area contributed by atoms with Crippen LogP contribution >= 0.6 is 0 Å². The molecular weight excluding hydrogens is 831 g/mol. The third-order valence-electron chi connectivity index (χ3n) is 14.9. The van der Waals surface area contributed by atoms with Crippen molar-refractivity contribution in [1.82, 2.24) is 5.32 Å². The van der Waals surface area contributed by atoms with Crippen molar-refractivity contribution in [2.45, 2.75) is 183 Å². The van der Waals surface area contributed by atoms with E-state index >= 15 is 0 Å². The largest absolute Gasteiger partial charge is 0.465 e. The van der Waals surface area contributed by atoms with Gasteiger partial charge in [-0.3, -0.25) is 28.8 Å². The van der Waals surface area contributed by atoms with Gasteiger partial charge < -0.3 is 33.7 Å². The Morgan fingerprint density at radius 3 is 0.769 bits per heavy atom. The maximum absolute atomic E-state index is 12.9. The zero-order valence-corrected chi connectivity index (χ0v) is 41.2. The summed E-state index contributed by atoms with van der Waals surface area (Å²) in [5.74, 6) is 1.84. The average Bonchev–Trinajstić information content (AvgIpc) is 3.28. The Balaban J connectivity index is 1.18. The Kier molecular flexibility index (Phi) is 23.6. The van der Waals surface area contributed by atoms with E-state index in [1.54, 1.807) is 13.8 Å². The fourth-order valence-electron chi connectivity index (χ4n) is 9.74. The van der Waals surface area contributed by atoms with E-state index < -0.39 is 22.8 Å². The van der Waals surface area contributed by atoms with Crippen LogP contribution in [-0.4, -0.2) is 88.5 Å². The molecule has 0 atom stereocenters. The Labute approximate surface area is 391 Å². The first-order valence-corrected chi connectivity index (χ1v) is 25.6. The number of hydrogen-bond acceptors (Lipinski definition) is 13. The first-order valence-electron chi connectivity index (χ1n) is 25.6. The van der Waals surface area contributed by atoms with Gasteiger partial charge in [-0.1, -0.05) is 79.1 Å². The molecule has 0 heterocycles. The normalized spacial score (nSPS) is 27.8. The van der Waals surface area contributed by atoms with Crippen molar-refractivity contribution in [1.29, 1.82) is 0 Å². The van der Waals surface area contributed by atoms with E-state index in [4.69, 9.17) is 28.4 Å². The predicted molar refractivity (Wildman–Crippen MR) is 247 cm³/mol. The van der Waals surface area contributed by atoms with Gasteiger partial charge in [0.2, 0.25) is 0 Å². The Morgan fingerprint density at radius 1 is 0.354 bits per heavy atom. The first-order chi connectivity index (χ1) is 31.0. The van der Waals surface area contributed by atoms with Gasteiger partial charge in [-0.05, 0) is 113 Å². The minimum Gasteiger partial charge on any atom is -0.465 e. The molecule has 0 aromatic rings. The van der Waals surface area contributed by atoms with Crippen LogP contribution in [0.5, 0.6) is 0 Å². The van der Waals surface area contributed by atoms with Crippen molar-refractivity contribution in [2.75, 3.05) is 52.7 Å². The van der Waals surface area contributed by atoms with Crippen LogP contribution in [-0.2, 0) is 57.2 Å². The van der Waals surface area contributed by atoms with Gasteiger partial charge in [0.1, 0.15) is 39.6 Å². The maximum Gasteiger partial charge on any atom is 0.307 e. The SMILES string of the molecule is CC1CCC(CC(=O)OCC(C)(COC(=O)CCNCCC(=O)OCC(C)(COC(=O)CC2CCC(C)CC2)COC(=O)CC2CCC(C)CC2)COC(=O)CC2CCC(C)CC2)CC1. The Bertz CT molecular complexity index is 1280. The van der Waals surface area contributed by atoms with Crippen LogP contribution in [0.3, 0.4) is 0 Å². The second-order valence-corrected chi connectivity index (χ2v) is 22.2. The Morgan fingerprint density at radius 2 is 0.554 bits per heavy atom. The van der Waals surface area contributed by atoms with Crippen molar-refractivity contribution >= 4 is 35.8 Å². The second kappa shape index (κ2) is 28.2. The summed E-state index contributed by atoms with van der Waals surface area (Å²) in [6.07, 6.45) is 18.4. The van der Waals surface area contributed by atoms with Crippen molar-refractivity contribution in [2.24, 2.45) is 58.2 Å². The van der Waals surface area contributed by atoms with Gasteiger partial charge in [0.15, 0.2) is 0 Å². The number of hydrogen-bond donors (Lipinski definition) is 1. The molecule has 0 radical (unpaired) electrons. The summed E-state index contributed by atoms with van der Waals surface area (Å²) in [5, 5.41) is 3.09. The molecule has 65 heavy (non-hydrogen) atoms. The highest BCUT2D eigenvalue weighted by molar-refractivity contribution is 5.72. The molecule has 0 spiro atoms. The second-order valence-electron chi connectivity index (χ2n) is 22.2. The van der Waals surface area contributed by atoms with Gasteiger partial charge in [0, 0.05) is 38.8 Å². The molecule has 4 aliphatic carbocycles. The molecule has 0 saturated heterocycles. The first kappa shape index (κ1) is 54.4. The molecule has 372 valence electrons. The molecule has 4 fully saturated rings. The summed E-state index contributed by atoms with van der Waals surface area (Å²) >= 11 is 0. The quantitative estimate of drug-likeness (QED) is 0.0495. The van der Waals surface area contributed by atoms with Crippen molar-refractivity contribution < 1.29 is 57.2 Å². The summed E-state index contributed by atoms with van der Waals surface area (Å²) in [6, 6.07) is 0. The van der Waals surface area contributed by atoms with Gasteiger partial charge >= 0.3 is 35.8 Å². The van der Waals surface area contributed by atoms with Crippen LogP contribution < -0.4 is 5.32 Å². The minimum atomic E-state index is -0.923. The van der Waals surface area contributed by atoms with E-state index in [1.807, 2.05) is 0 Å². The van der Waals surface area contributed by atoms with Crippen LogP contribution in [0, 0.1) is 58.2 Å². The number of esters is 6. The van der Waals surface area contributed by atoms with Crippen LogP contribution in [0.4, 0.5) is 0 Å². The smallest absolute Gasteiger partial charge is 0.307 e. The molecule has 1 N–H and O–H groups in total. The van der Waals surface area contributed by atoms with Crippen LogP contribution in [0.15, 0.2) is 0 Å². The van der Waals surface area contributed by atoms with E-state index in [0.29, 0.717) is 73.0 Å². The molecule has 0 aromatic carbocycles. The summed E-state index contributed by atoms with van der Waals surface area (Å²) in [7, 11) is 0. The van der Waals surface area contributed by atoms with Gasteiger partial charge in [-0.15, -0.1) is 0 Å². The van der Waals surface area contributed by atoms with E-state index in [-0.39, 0.29) is 89.4 Å². The van der Waals surface area contributed by atoms with Crippen molar-refractivity contribution in [3.05, 3.63) is 0 Å². The zero-order chi connectivity index (χ0) is 47.2. The topological polar surface area (TPSA) is 170 Å². The van der Waals surface area contributed by atoms with Gasteiger partial charge in [-0.25, -0.2) is 0 Å². The zero-order valence-electron chi connectivity index (χ0n) is 41.2. The molecule has 13 heteroatoms. The number of rotatable bonds is 26. The van der Waals surface area contributed by atoms with E-state index in [1.165, 1.54) is 0 Å². The number of carbonyl (C=O) groups excluding carboxylic acids is 6. The summed E-state index contributed by atoms with van der Waals surface area (Å²) < 4.78 is 34.2. The highest BCUT2D eigenvalue weighted by Gasteiger charge is 2.34. The highest BCUT2D eigenvalue weighted by atomic mass is 16.6. The molecule has 4 saturated carbocycles. The molecule has 4 aliphatic rings. The summed E-state index contributed by atoms with van der Waals surface area (Å²) in [4.78, 5) is 77.3. The summed E-state index contributed by atoms with van der Waals surface area (Å²) in [6.45, 7) is 12.7. The third-order valence-corrected chi connectivity index (χ3v) is 14.9. The standard InChI is InChI=1S/C52H87NO12/c1-37-7-15-41(16-8-37)27-47(56)62-33-51(5,34-63-48(57)28-42-17-9-38(2)10-18-42)31-60-45(54)23-25-53-26-24-46(55)61-32-52(6,35-64-49(58)29-43-19-11-39(3)12-20-43)36-65-50(59)30-44-21-13-40(4)14-22-44/h37-44,53H,7-36H2,1-6H3. The van der Waals surface area contributed by atoms with E-state index in [0.717, 1.165) is 103 Å². The monoisotopic (exact) mass is 918 g/mol. The molecule has 0 bridgehead atoms. The average molecular weight is 918 g/mol. The van der Waals surface area contributed by atoms with Crippen LogP contribution in [0.25, 0.3) is 0 Å². The molecular formula is C52H87NO12. The van der Waals surface area contributed by atoms with Crippen molar-refractivity contribution in [3.8, 4) is 0 Å². The Hall–Kier alpha value is -3.22. The van der Waals surface area contributed by atoms with Gasteiger partial charge in [0.25, 0.3) is 0 Å². The predicted octanol–water partition coefficient (Wildman–Crippen LogP) is 9.49. The highest BCUT2D eigenvalue weighted by Crippen LogP contribution is 2.34. The lowest BCUT2D eigenvalue weighted by Crippen LogP contribution is -2.38. The number of ether oxygens (including phenoxy) is 6. The van der Waals surface area contributed by atoms with Gasteiger partial charge in [0.05, 0.1) is 23.7 Å². The van der Waals surface area contributed by atoms with E-state index in [2.05, 4.69) is 33.0 Å². The molecule has 13 nitrogen and oxygen atoms in total. The van der Waals surface area contributed by atoms with Crippen molar-refractivity contribution in [3.63, 3.8) is 0 Å². The maximum atomic E-state index is 12.9. The molecule has 4 rings (SSSR count). The van der Waals surface area contributed by atoms with Crippen LogP contribution in [0.1, 0.15) is 183 Å². The number of nitrogens with one attached hydrogen (secondary N) is 1. The lowest BCUT2D eigenvalue weighted by Gasteiger charge is -2.30. The lowest BCUT2D eigenvalue weighted by atomic mass is 9.81. The van der Waals surface area contributed by atoms with Gasteiger partial charge in [-0.2, -0.15) is 0 Å². The molecule has 0 unspecified atom stereocenters. The molecule has 0 aromatic heterocycles. The van der Waals surface area contributed by atoms with Crippen LogP contribution in [0.2, 0.25) is 0 Å².